The third-order valence-corrected chi connectivity index (χ3v) is 3.23. The van der Waals surface area contributed by atoms with Crippen LogP contribution in [0.25, 0.3) is 0 Å². The minimum Gasteiger partial charge on any atom is -0.351 e. The van der Waals surface area contributed by atoms with Crippen LogP contribution >= 0.6 is 11.6 Å². The van der Waals surface area contributed by atoms with Crippen LogP contribution in [0.4, 0.5) is 0 Å². The highest BCUT2D eigenvalue weighted by molar-refractivity contribution is 6.27. The molecule has 2 amide bonds. The van der Waals surface area contributed by atoms with Gasteiger partial charge < -0.3 is 10.6 Å². The van der Waals surface area contributed by atoms with Crippen LogP contribution in [0.5, 0.6) is 0 Å². The molecule has 0 bridgehead atoms. The van der Waals surface area contributed by atoms with Crippen LogP contribution in [-0.2, 0) is 17.9 Å². The number of amides is 2. The van der Waals surface area contributed by atoms with Crippen LogP contribution in [0.15, 0.2) is 48.7 Å². The molecule has 2 rings (SSSR count). The van der Waals surface area contributed by atoms with E-state index in [1.165, 1.54) is 0 Å². The molecule has 5 nitrogen and oxygen atoms in total. The first kappa shape index (κ1) is 16.0. The summed E-state index contributed by atoms with van der Waals surface area (Å²) in [5.41, 5.74) is 2.26. The van der Waals surface area contributed by atoms with E-state index < -0.39 is 0 Å². The van der Waals surface area contributed by atoms with Crippen molar-refractivity contribution >= 4 is 23.4 Å². The number of alkyl halides is 1. The Kier molecular flexibility index (Phi) is 5.91. The van der Waals surface area contributed by atoms with Crippen molar-refractivity contribution in [3.8, 4) is 0 Å². The second kappa shape index (κ2) is 8.14. The average Bonchev–Trinajstić information content (AvgIpc) is 2.59. The first-order valence-electron chi connectivity index (χ1n) is 6.79. The quantitative estimate of drug-likeness (QED) is 0.799. The van der Waals surface area contributed by atoms with Crippen LogP contribution in [0.1, 0.15) is 21.6 Å². The maximum atomic E-state index is 12.0. The van der Waals surface area contributed by atoms with E-state index in [0.717, 1.165) is 11.3 Å². The van der Waals surface area contributed by atoms with Crippen molar-refractivity contribution in [2.24, 2.45) is 0 Å². The van der Waals surface area contributed by atoms with Crippen molar-refractivity contribution in [1.29, 1.82) is 0 Å². The monoisotopic (exact) mass is 317 g/mol. The van der Waals surface area contributed by atoms with Gasteiger partial charge in [0.2, 0.25) is 5.91 Å². The lowest BCUT2D eigenvalue weighted by molar-refractivity contribution is -0.118. The molecule has 22 heavy (non-hydrogen) atoms. The highest BCUT2D eigenvalue weighted by atomic mass is 35.5. The first-order valence-corrected chi connectivity index (χ1v) is 7.32. The zero-order chi connectivity index (χ0) is 15.8. The van der Waals surface area contributed by atoms with E-state index in [0.29, 0.717) is 18.7 Å². The van der Waals surface area contributed by atoms with E-state index in [1.807, 2.05) is 18.2 Å². The molecule has 6 heteroatoms. The minimum atomic E-state index is -0.223. The Bertz CT molecular complexity index is 630. The van der Waals surface area contributed by atoms with E-state index in [9.17, 15) is 9.59 Å². The first-order chi connectivity index (χ1) is 10.7. The van der Waals surface area contributed by atoms with Crippen molar-refractivity contribution < 1.29 is 9.59 Å². The zero-order valence-electron chi connectivity index (χ0n) is 11.9. The van der Waals surface area contributed by atoms with Gasteiger partial charge in [-0.25, -0.2) is 0 Å². The van der Waals surface area contributed by atoms with Gasteiger partial charge in [-0.05, 0) is 29.8 Å². The van der Waals surface area contributed by atoms with Gasteiger partial charge in [-0.15, -0.1) is 11.6 Å². The summed E-state index contributed by atoms with van der Waals surface area (Å²) >= 11 is 5.40. The topological polar surface area (TPSA) is 71.1 Å². The largest absolute Gasteiger partial charge is 0.351 e. The number of rotatable bonds is 6. The molecule has 1 heterocycles. The molecule has 114 valence electrons. The van der Waals surface area contributed by atoms with E-state index in [-0.39, 0.29) is 17.7 Å². The number of carbonyl (C=O) groups excluding carboxylic acids is 2. The molecule has 2 aromatic rings. The highest BCUT2D eigenvalue weighted by Crippen LogP contribution is 2.05. The Labute approximate surface area is 133 Å². The number of nitrogens with one attached hydrogen (secondary N) is 2. The number of aromatic nitrogens is 1. The zero-order valence-corrected chi connectivity index (χ0v) is 12.6. The van der Waals surface area contributed by atoms with Gasteiger partial charge in [-0.3, -0.25) is 14.6 Å². The fourth-order valence-electron chi connectivity index (χ4n) is 1.80. The van der Waals surface area contributed by atoms with Crippen molar-refractivity contribution in [3.63, 3.8) is 0 Å². The van der Waals surface area contributed by atoms with Crippen LogP contribution < -0.4 is 10.6 Å². The van der Waals surface area contributed by atoms with Gasteiger partial charge in [0.1, 0.15) is 5.88 Å². The standard InChI is InChI=1S/C16H16ClN3O2/c17-9-15(21)19-10-12-4-6-13(7-5-12)16(22)20-11-14-3-1-2-8-18-14/h1-8H,9-11H2,(H,19,21)(H,20,22). The van der Waals surface area contributed by atoms with Crippen LogP contribution in [0, 0.1) is 0 Å². The predicted octanol–water partition coefficient (Wildman–Crippen LogP) is 1.87. The normalized spacial score (nSPS) is 10.0. The van der Waals surface area contributed by atoms with E-state index >= 15 is 0 Å². The SMILES string of the molecule is O=C(CCl)NCc1ccc(C(=O)NCc2ccccn2)cc1. The maximum absolute atomic E-state index is 12.0. The molecule has 1 aromatic carbocycles. The maximum Gasteiger partial charge on any atom is 0.251 e. The van der Waals surface area contributed by atoms with Crippen LogP contribution in [-0.4, -0.2) is 22.7 Å². The van der Waals surface area contributed by atoms with E-state index in [2.05, 4.69) is 15.6 Å². The van der Waals surface area contributed by atoms with E-state index in [1.54, 1.807) is 30.5 Å². The number of carbonyl (C=O) groups is 2. The summed E-state index contributed by atoms with van der Waals surface area (Å²) in [6, 6.07) is 12.6. The molecule has 1 aromatic heterocycles. The van der Waals surface area contributed by atoms with Gasteiger partial charge in [0, 0.05) is 18.3 Å². The van der Waals surface area contributed by atoms with Crippen molar-refractivity contribution in [2.75, 3.05) is 5.88 Å². The van der Waals surface area contributed by atoms with Gasteiger partial charge in [-0.2, -0.15) is 0 Å². The Balaban J connectivity index is 1.87. The summed E-state index contributed by atoms with van der Waals surface area (Å²) in [6.45, 7) is 0.772. The fraction of sp³-hybridized carbons (Fsp3) is 0.188. The molecule has 0 aliphatic carbocycles. The minimum absolute atomic E-state index is 0.0615. The Morgan fingerprint density at radius 2 is 1.77 bits per heavy atom. The second-order valence-corrected chi connectivity index (χ2v) is 4.88. The van der Waals surface area contributed by atoms with Gasteiger partial charge in [0.05, 0.1) is 12.2 Å². The lowest BCUT2D eigenvalue weighted by atomic mass is 10.1. The predicted molar refractivity (Wildman–Crippen MR) is 84.4 cm³/mol. The average molecular weight is 318 g/mol. The lowest BCUT2D eigenvalue weighted by Gasteiger charge is -2.07. The van der Waals surface area contributed by atoms with Crippen LogP contribution in [0.3, 0.4) is 0 Å². The number of hydrogen-bond acceptors (Lipinski definition) is 3. The number of benzene rings is 1. The molecular formula is C16H16ClN3O2. The van der Waals surface area contributed by atoms with Gasteiger partial charge in [0.25, 0.3) is 5.91 Å². The van der Waals surface area contributed by atoms with Gasteiger partial charge in [0.15, 0.2) is 0 Å². The smallest absolute Gasteiger partial charge is 0.251 e. The molecule has 0 unspecified atom stereocenters. The molecule has 2 N–H and O–H groups in total. The Morgan fingerprint density at radius 3 is 2.41 bits per heavy atom. The third kappa shape index (κ3) is 4.86. The lowest BCUT2D eigenvalue weighted by Crippen LogP contribution is -2.24. The highest BCUT2D eigenvalue weighted by Gasteiger charge is 2.06. The second-order valence-electron chi connectivity index (χ2n) is 4.61. The molecule has 0 aliphatic rings. The van der Waals surface area contributed by atoms with Crippen molar-refractivity contribution in [2.45, 2.75) is 13.1 Å². The molecule has 0 spiro atoms. The summed E-state index contributed by atoms with van der Waals surface area (Å²) in [7, 11) is 0. The van der Waals surface area contributed by atoms with Crippen molar-refractivity contribution in [1.82, 2.24) is 15.6 Å². The molecule has 0 aliphatic heterocycles. The number of pyridine rings is 1. The third-order valence-electron chi connectivity index (χ3n) is 2.98. The number of halogens is 1. The summed E-state index contributed by atoms with van der Waals surface area (Å²) in [5.74, 6) is -0.450. The number of hydrogen-bond donors (Lipinski definition) is 2. The summed E-state index contributed by atoms with van der Waals surface area (Å²) < 4.78 is 0. The number of nitrogens with zero attached hydrogens (tertiary/aromatic N) is 1. The molecule has 0 fully saturated rings. The van der Waals surface area contributed by atoms with Gasteiger partial charge >= 0.3 is 0 Å². The molecule has 0 saturated carbocycles. The summed E-state index contributed by atoms with van der Waals surface area (Å²) in [4.78, 5) is 27.2. The molecule has 0 saturated heterocycles. The summed E-state index contributed by atoms with van der Waals surface area (Å²) in [6.07, 6.45) is 1.69. The molecule has 0 radical (unpaired) electrons. The van der Waals surface area contributed by atoms with E-state index in [4.69, 9.17) is 11.6 Å². The fourth-order valence-corrected chi connectivity index (χ4v) is 1.89. The molecule has 0 atom stereocenters. The Hall–Kier alpha value is -2.40. The van der Waals surface area contributed by atoms with Gasteiger partial charge in [-0.1, -0.05) is 18.2 Å². The summed E-state index contributed by atoms with van der Waals surface area (Å²) in [5, 5.41) is 5.47. The Morgan fingerprint density at radius 1 is 1.00 bits per heavy atom. The van der Waals surface area contributed by atoms with Crippen LogP contribution in [0.2, 0.25) is 0 Å². The molecular weight excluding hydrogens is 302 g/mol. The van der Waals surface area contributed by atoms with Crippen molar-refractivity contribution in [3.05, 3.63) is 65.5 Å².